The van der Waals surface area contributed by atoms with Gasteiger partial charge in [0.15, 0.2) is 14.4 Å². The van der Waals surface area contributed by atoms with Gasteiger partial charge in [-0.3, -0.25) is 0 Å². The highest BCUT2D eigenvalue weighted by Crippen LogP contribution is 2.37. The Morgan fingerprint density at radius 2 is 1.90 bits per heavy atom. The van der Waals surface area contributed by atoms with Crippen LogP contribution in [0.4, 0.5) is 0 Å². The van der Waals surface area contributed by atoms with Crippen LogP contribution < -0.4 is 0 Å². The summed E-state index contributed by atoms with van der Waals surface area (Å²) in [5, 5.41) is 10.1. The summed E-state index contributed by atoms with van der Waals surface area (Å²) in [5.41, 5.74) is 8.48. The number of aliphatic hydroxyl groups excluding tert-OH is 1. The number of esters is 1. The van der Waals surface area contributed by atoms with Crippen molar-refractivity contribution < 1.29 is 23.9 Å². The van der Waals surface area contributed by atoms with E-state index in [2.05, 4.69) is 38.7 Å². The molecule has 0 aromatic rings. The van der Waals surface area contributed by atoms with Crippen LogP contribution in [0.2, 0.25) is 18.1 Å². The molecule has 0 aromatic carbocycles. The summed E-state index contributed by atoms with van der Waals surface area (Å²) in [6.07, 6.45) is -1.30. The Morgan fingerprint density at radius 3 is 2.29 bits per heavy atom. The highest BCUT2D eigenvalue weighted by molar-refractivity contribution is 6.74. The first-order valence-corrected chi connectivity index (χ1v) is 10.1. The van der Waals surface area contributed by atoms with Gasteiger partial charge in [-0.05, 0) is 32.0 Å². The molecule has 122 valence electrons. The van der Waals surface area contributed by atoms with Crippen molar-refractivity contribution in [3.8, 4) is 0 Å². The first-order chi connectivity index (χ1) is 9.46. The van der Waals surface area contributed by atoms with E-state index in [-0.39, 0.29) is 29.9 Å². The predicted octanol–water partition coefficient (Wildman–Crippen LogP) is 2.38. The van der Waals surface area contributed by atoms with Gasteiger partial charge < -0.3 is 19.8 Å². The fourth-order valence-electron chi connectivity index (χ4n) is 1.60. The largest absolute Gasteiger partial charge is 0.457 e. The van der Waals surface area contributed by atoms with E-state index in [4.69, 9.17) is 14.7 Å². The normalized spacial score (nSPS) is 15.0. The van der Waals surface area contributed by atoms with Crippen molar-refractivity contribution in [2.45, 2.75) is 71.4 Å². The van der Waals surface area contributed by atoms with Crippen molar-refractivity contribution in [1.29, 1.82) is 0 Å². The molecule has 2 unspecified atom stereocenters. The molecule has 2 atom stereocenters. The second kappa shape index (κ2) is 7.84. The summed E-state index contributed by atoms with van der Waals surface area (Å²) < 4.78 is 10.8. The first-order valence-electron chi connectivity index (χ1n) is 7.21. The molecule has 0 aromatic heterocycles. The van der Waals surface area contributed by atoms with Crippen molar-refractivity contribution in [2.24, 2.45) is 0 Å². The topological polar surface area (TPSA) is 92.2 Å². The number of hydrogen-bond donors (Lipinski definition) is 1. The summed E-state index contributed by atoms with van der Waals surface area (Å²) in [6, 6.07) is 0. The molecule has 21 heavy (non-hydrogen) atoms. The Hall–Kier alpha value is -1.01. The average Bonchev–Trinajstić information content (AvgIpc) is 2.27. The number of hydrogen-bond acceptors (Lipinski definition) is 4. The second-order valence-corrected chi connectivity index (χ2v) is 11.4. The van der Waals surface area contributed by atoms with Gasteiger partial charge in [0.1, 0.15) is 0 Å². The number of rotatable bonds is 7. The van der Waals surface area contributed by atoms with Crippen molar-refractivity contribution in [1.82, 2.24) is 0 Å². The lowest BCUT2D eigenvalue weighted by Crippen LogP contribution is -2.44. The van der Waals surface area contributed by atoms with Gasteiger partial charge in [0, 0.05) is 12.5 Å². The van der Waals surface area contributed by atoms with Crippen LogP contribution in [0.5, 0.6) is 0 Å². The Bertz CT molecular complexity index is 412. The van der Waals surface area contributed by atoms with Crippen LogP contribution in [-0.2, 0) is 14.0 Å². The van der Waals surface area contributed by atoms with Crippen molar-refractivity contribution in [3.05, 3.63) is 5.53 Å². The molecule has 0 aliphatic heterocycles. The fraction of sp³-hybridized carbons (Fsp3) is 0.857. The highest BCUT2D eigenvalue weighted by Gasteiger charge is 2.40. The molecule has 0 spiro atoms. The number of nitrogens with zero attached hydrogens (tertiary/aromatic N) is 2. The summed E-state index contributed by atoms with van der Waals surface area (Å²) in [4.78, 5) is 14.4. The molecule has 0 aliphatic rings. The number of carbonyl (C=O) groups excluding carboxylic acids is 1. The minimum absolute atomic E-state index is 0.0568. The van der Waals surface area contributed by atoms with Crippen molar-refractivity contribution >= 4 is 20.0 Å². The van der Waals surface area contributed by atoms with E-state index in [9.17, 15) is 9.90 Å². The Kier molecular flexibility index (Phi) is 7.46. The molecule has 0 saturated heterocycles. The van der Waals surface area contributed by atoms with Crippen LogP contribution in [0.25, 0.3) is 5.53 Å². The van der Waals surface area contributed by atoms with Crippen LogP contribution in [0.15, 0.2) is 0 Å². The van der Waals surface area contributed by atoms with E-state index in [0.717, 1.165) is 0 Å². The maximum absolute atomic E-state index is 11.5. The lowest BCUT2D eigenvalue weighted by Gasteiger charge is -2.38. The van der Waals surface area contributed by atoms with E-state index in [1.165, 1.54) is 0 Å². The summed E-state index contributed by atoms with van der Waals surface area (Å²) in [6.45, 7) is 14.2. The Balaban J connectivity index is 4.75. The first kappa shape index (κ1) is 20.0. The zero-order chi connectivity index (χ0) is 16.8. The van der Waals surface area contributed by atoms with Crippen LogP contribution in [-0.4, -0.2) is 48.7 Å². The molecule has 0 aliphatic carbocycles. The summed E-state index contributed by atoms with van der Waals surface area (Å²) in [7, 11) is -1.95. The molecule has 6 nitrogen and oxygen atoms in total. The van der Waals surface area contributed by atoms with E-state index in [0.29, 0.717) is 0 Å². The quantitative estimate of drug-likeness (QED) is 0.256. The molecular weight excluding hydrogens is 288 g/mol. The summed E-state index contributed by atoms with van der Waals surface area (Å²) >= 11 is 0. The SMILES string of the molecule is CCOC(=O)C(=[N+]=[N-])C(O)CC(C)O[Si](C)(C)C(C)(C)C. The molecular formula is C14H28N2O4Si. The zero-order valence-electron chi connectivity index (χ0n) is 14.1. The molecule has 0 heterocycles. The molecule has 0 radical (unpaired) electrons. The molecule has 0 bridgehead atoms. The van der Waals surface area contributed by atoms with E-state index < -0.39 is 20.4 Å². The van der Waals surface area contributed by atoms with Crippen molar-refractivity contribution in [3.63, 3.8) is 0 Å². The number of aliphatic hydroxyl groups is 1. The molecule has 0 saturated carbocycles. The van der Waals surface area contributed by atoms with Gasteiger partial charge in [0.05, 0.1) is 6.61 Å². The standard InChI is InChI=1S/C14H28N2O4Si/c1-8-19-13(18)12(16-15)11(17)9-10(2)20-21(6,7)14(3,4)5/h10-11,17H,8-9H2,1-7H3. The van der Waals surface area contributed by atoms with Gasteiger partial charge in [0.2, 0.25) is 0 Å². The van der Waals surface area contributed by atoms with Crippen LogP contribution >= 0.6 is 0 Å². The van der Waals surface area contributed by atoms with Crippen LogP contribution in [0.3, 0.4) is 0 Å². The fourth-order valence-corrected chi connectivity index (χ4v) is 3.06. The van der Waals surface area contributed by atoms with Gasteiger partial charge in [-0.2, -0.15) is 4.79 Å². The third kappa shape index (κ3) is 6.09. The predicted molar refractivity (Wildman–Crippen MR) is 83.6 cm³/mol. The van der Waals surface area contributed by atoms with E-state index >= 15 is 0 Å². The third-order valence-corrected chi connectivity index (χ3v) is 8.37. The van der Waals surface area contributed by atoms with E-state index in [1.54, 1.807) is 6.92 Å². The van der Waals surface area contributed by atoms with Crippen molar-refractivity contribution in [2.75, 3.05) is 6.61 Å². The minimum Gasteiger partial charge on any atom is -0.457 e. The molecule has 0 amide bonds. The van der Waals surface area contributed by atoms with Gasteiger partial charge in [-0.15, -0.1) is 0 Å². The smallest absolute Gasteiger partial charge is 0.419 e. The maximum Gasteiger partial charge on any atom is 0.419 e. The number of carbonyl (C=O) groups is 1. The van der Waals surface area contributed by atoms with Gasteiger partial charge in [0.25, 0.3) is 0 Å². The highest BCUT2D eigenvalue weighted by atomic mass is 28.4. The van der Waals surface area contributed by atoms with Crippen LogP contribution in [0, 0.1) is 0 Å². The zero-order valence-corrected chi connectivity index (χ0v) is 15.1. The lowest BCUT2D eigenvalue weighted by molar-refractivity contribution is -0.141. The van der Waals surface area contributed by atoms with Crippen LogP contribution in [0.1, 0.15) is 41.0 Å². The Labute approximate surface area is 128 Å². The third-order valence-electron chi connectivity index (χ3n) is 3.77. The van der Waals surface area contributed by atoms with Gasteiger partial charge in [-0.25, -0.2) is 4.79 Å². The maximum atomic E-state index is 11.5. The summed E-state index contributed by atoms with van der Waals surface area (Å²) in [5.74, 6) is -0.813. The second-order valence-electron chi connectivity index (χ2n) is 6.65. The molecule has 7 heteroatoms. The molecule has 1 N–H and O–H groups in total. The van der Waals surface area contributed by atoms with Gasteiger partial charge >= 0.3 is 11.7 Å². The molecule has 0 rings (SSSR count). The molecule has 0 fully saturated rings. The average molecular weight is 316 g/mol. The monoisotopic (exact) mass is 316 g/mol. The van der Waals surface area contributed by atoms with E-state index in [1.807, 2.05) is 6.92 Å². The lowest BCUT2D eigenvalue weighted by atomic mass is 10.1. The number of ether oxygens (including phenoxy) is 1. The van der Waals surface area contributed by atoms with Gasteiger partial charge in [-0.1, -0.05) is 20.8 Å². The Morgan fingerprint density at radius 1 is 1.38 bits per heavy atom. The minimum atomic E-state index is -1.95.